The molecule has 0 aliphatic carbocycles. The number of hydrogen-bond acceptors (Lipinski definition) is 3. The van der Waals surface area contributed by atoms with Crippen LogP contribution in [-0.2, 0) is 14.9 Å². The number of benzene rings is 1. The molecule has 2 rings (SSSR count). The molecule has 0 aromatic heterocycles. The summed E-state index contributed by atoms with van der Waals surface area (Å²) in [7, 11) is 1.65. The second kappa shape index (κ2) is 6.92. The SMILES string of the molecule is Cl.[2H]C1([2H])CN(C)CC([2H])([2H])C1(C(=O)OCC)c1ccccc1. The zero-order valence-corrected chi connectivity index (χ0v) is 12.0. The lowest BCUT2D eigenvalue weighted by Gasteiger charge is -2.38. The topological polar surface area (TPSA) is 29.5 Å². The van der Waals surface area contributed by atoms with Crippen LogP contribution in [0.1, 0.15) is 30.7 Å². The summed E-state index contributed by atoms with van der Waals surface area (Å²) in [6.45, 7) is 1.63. The van der Waals surface area contributed by atoms with Gasteiger partial charge in [-0.1, -0.05) is 30.3 Å². The van der Waals surface area contributed by atoms with Gasteiger partial charge in [0.1, 0.15) is 0 Å². The van der Waals surface area contributed by atoms with Crippen LogP contribution in [-0.4, -0.2) is 37.6 Å². The lowest BCUT2D eigenvalue weighted by Crippen LogP contribution is -2.47. The average Bonchev–Trinajstić information content (AvgIpc) is 2.37. The third-order valence-corrected chi connectivity index (χ3v) is 3.02. The van der Waals surface area contributed by atoms with Gasteiger partial charge in [-0.05, 0) is 45.4 Å². The van der Waals surface area contributed by atoms with Crippen molar-refractivity contribution in [2.45, 2.75) is 25.1 Å². The number of carbonyl (C=O) groups is 1. The predicted molar refractivity (Wildman–Crippen MR) is 78.7 cm³/mol. The molecule has 0 amide bonds. The first-order chi connectivity index (χ1) is 10.2. The highest BCUT2D eigenvalue weighted by Crippen LogP contribution is 2.36. The summed E-state index contributed by atoms with van der Waals surface area (Å²) >= 11 is 0. The summed E-state index contributed by atoms with van der Waals surface area (Å²) in [6, 6.07) is 8.31. The van der Waals surface area contributed by atoms with E-state index in [-0.39, 0.29) is 32.1 Å². The van der Waals surface area contributed by atoms with Gasteiger partial charge in [0.05, 0.1) is 12.0 Å². The van der Waals surface area contributed by atoms with E-state index in [0.29, 0.717) is 5.56 Å². The van der Waals surface area contributed by atoms with E-state index in [9.17, 15) is 4.79 Å². The highest BCUT2D eigenvalue weighted by molar-refractivity contribution is 5.85. The molecule has 4 heteroatoms. The number of esters is 1. The van der Waals surface area contributed by atoms with Gasteiger partial charge in [0.25, 0.3) is 0 Å². The molecule has 0 saturated carbocycles. The minimum absolute atomic E-state index is 0. The summed E-state index contributed by atoms with van der Waals surface area (Å²) in [4.78, 5) is 14.3. The van der Waals surface area contributed by atoms with Crippen molar-refractivity contribution in [2.75, 3.05) is 26.7 Å². The second-order valence-electron chi connectivity index (χ2n) is 4.36. The van der Waals surface area contributed by atoms with Crippen LogP contribution in [0.25, 0.3) is 0 Å². The maximum Gasteiger partial charge on any atom is 0.316 e. The summed E-state index contributed by atoms with van der Waals surface area (Å²) in [5.74, 6) is -0.843. The Kier molecular flexibility index (Phi) is 3.90. The van der Waals surface area contributed by atoms with Crippen molar-refractivity contribution >= 4 is 18.4 Å². The third-order valence-electron chi connectivity index (χ3n) is 3.02. The number of ether oxygens (including phenoxy) is 1. The van der Waals surface area contributed by atoms with E-state index in [1.54, 1.807) is 49.2 Å². The molecule has 19 heavy (non-hydrogen) atoms. The van der Waals surface area contributed by atoms with Gasteiger partial charge in [-0.2, -0.15) is 0 Å². The Labute approximate surface area is 127 Å². The maximum absolute atomic E-state index is 12.7. The number of likely N-dealkylation sites (tertiary alicyclic amines) is 1. The fourth-order valence-corrected chi connectivity index (χ4v) is 2.02. The first-order valence-corrected chi connectivity index (χ1v) is 6.10. The van der Waals surface area contributed by atoms with E-state index in [0.717, 1.165) is 0 Å². The lowest BCUT2D eigenvalue weighted by molar-refractivity contribution is -0.152. The molecular formula is C15H22ClNO2. The van der Waals surface area contributed by atoms with Crippen LogP contribution in [0, 0.1) is 0 Å². The van der Waals surface area contributed by atoms with Crippen molar-refractivity contribution in [3.05, 3.63) is 35.9 Å². The quantitative estimate of drug-likeness (QED) is 0.801. The van der Waals surface area contributed by atoms with E-state index >= 15 is 0 Å². The molecule has 1 aliphatic heterocycles. The number of nitrogens with zero attached hydrogens (tertiary/aromatic N) is 1. The van der Waals surface area contributed by atoms with E-state index in [1.807, 2.05) is 0 Å². The molecule has 106 valence electrons. The number of hydrogen-bond donors (Lipinski definition) is 0. The minimum Gasteiger partial charge on any atom is -0.465 e. The first kappa shape index (κ1) is 10.7. The van der Waals surface area contributed by atoms with E-state index in [2.05, 4.69) is 0 Å². The molecule has 1 saturated heterocycles. The largest absolute Gasteiger partial charge is 0.465 e. The molecule has 0 atom stereocenters. The normalized spacial score (nSPS) is 26.8. The van der Waals surface area contributed by atoms with Gasteiger partial charge in [0, 0.05) is 5.48 Å². The van der Waals surface area contributed by atoms with Crippen LogP contribution >= 0.6 is 12.4 Å². The van der Waals surface area contributed by atoms with Gasteiger partial charge in [-0.25, -0.2) is 0 Å². The molecule has 0 unspecified atom stereocenters. The average molecular weight is 288 g/mol. The highest BCUT2D eigenvalue weighted by atomic mass is 35.5. The van der Waals surface area contributed by atoms with Gasteiger partial charge >= 0.3 is 5.97 Å². The molecule has 0 radical (unpaired) electrons. The van der Waals surface area contributed by atoms with Crippen LogP contribution in [0.3, 0.4) is 0 Å². The summed E-state index contributed by atoms with van der Waals surface area (Å²) in [5, 5.41) is 0. The van der Waals surface area contributed by atoms with Crippen LogP contribution in [0.2, 0.25) is 0 Å². The Morgan fingerprint density at radius 2 is 1.95 bits per heavy atom. The molecule has 1 aromatic rings. The number of piperidine rings is 1. The van der Waals surface area contributed by atoms with Gasteiger partial charge in [0.2, 0.25) is 0 Å². The molecule has 0 spiro atoms. The van der Waals surface area contributed by atoms with Gasteiger partial charge in [0.15, 0.2) is 0 Å². The Bertz CT molecular complexity index is 536. The molecule has 1 aliphatic rings. The van der Waals surface area contributed by atoms with Crippen molar-refractivity contribution in [3.8, 4) is 0 Å². The Balaban J connectivity index is 0.00000264. The van der Waals surface area contributed by atoms with Crippen molar-refractivity contribution in [1.82, 2.24) is 4.90 Å². The fraction of sp³-hybridized carbons (Fsp3) is 0.533. The molecule has 0 N–H and O–H groups in total. The Morgan fingerprint density at radius 1 is 1.37 bits per heavy atom. The van der Waals surface area contributed by atoms with Crippen molar-refractivity contribution in [1.29, 1.82) is 0 Å². The monoisotopic (exact) mass is 287 g/mol. The Hall–Kier alpha value is -1.06. The smallest absolute Gasteiger partial charge is 0.316 e. The molecule has 3 nitrogen and oxygen atoms in total. The third kappa shape index (κ3) is 3.28. The summed E-state index contributed by atoms with van der Waals surface area (Å²) in [6.07, 6.45) is -4.20. The maximum atomic E-state index is 12.7. The standard InChI is InChI=1S/C15H21NO2.ClH/c1-3-18-14(17)15(9-11-16(2)12-10-15)13-7-5-4-6-8-13;/h4-8H,3,9-12H2,1-2H3;1H/i9D2,10D2;. The number of rotatable bonds is 3. The Morgan fingerprint density at radius 3 is 2.47 bits per heavy atom. The lowest BCUT2D eigenvalue weighted by atomic mass is 9.73. The minimum atomic E-state index is -2.10. The van der Waals surface area contributed by atoms with Gasteiger partial charge < -0.3 is 9.64 Å². The van der Waals surface area contributed by atoms with E-state index in [4.69, 9.17) is 10.2 Å². The van der Waals surface area contributed by atoms with Crippen LogP contribution in [0.4, 0.5) is 0 Å². The molecule has 0 bridgehead atoms. The number of halogens is 1. The summed E-state index contributed by atoms with van der Waals surface area (Å²) < 4.78 is 38.9. The number of carbonyl (C=O) groups excluding carboxylic acids is 1. The van der Waals surface area contributed by atoms with E-state index in [1.165, 1.54) is 0 Å². The van der Waals surface area contributed by atoms with Crippen molar-refractivity contribution in [3.63, 3.8) is 0 Å². The van der Waals surface area contributed by atoms with Crippen LogP contribution in [0.15, 0.2) is 30.3 Å². The zero-order chi connectivity index (χ0) is 16.6. The first-order valence-electron chi connectivity index (χ1n) is 8.10. The van der Waals surface area contributed by atoms with Crippen molar-refractivity contribution < 1.29 is 15.0 Å². The fourth-order valence-electron chi connectivity index (χ4n) is 2.02. The predicted octanol–water partition coefficient (Wildman–Crippen LogP) is 2.63. The van der Waals surface area contributed by atoms with Crippen LogP contribution in [0.5, 0.6) is 0 Å². The van der Waals surface area contributed by atoms with Crippen LogP contribution < -0.4 is 0 Å². The van der Waals surface area contributed by atoms with Crippen molar-refractivity contribution in [2.24, 2.45) is 0 Å². The van der Waals surface area contributed by atoms with Gasteiger partial charge in [-0.3, -0.25) is 4.79 Å². The molecular weight excluding hydrogens is 262 g/mol. The second-order valence-corrected chi connectivity index (χ2v) is 4.36. The molecule has 1 aromatic carbocycles. The van der Waals surface area contributed by atoms with E-state index < -0.39 is 24.1 Å². The van der Waals surface area contributed by atoms with Gasteiger partial charge in [-0.15, -0.1) is 12.4 Å². The highest BCUT2D eigenvalue weighted by Gasteiger charge is 2.43. The molecule has 1 heterocycles. The summed E-state index contributed by atoms with van der Waals surface area (Å²) in [5.41, 5.74) is -1.67. The molecule has 1 fully saturated rings. The zero-order valence-electron chi connectivity index (χ0n) is 15.2.